The lowest BCUT2D eigenvalue weighted by Gasteiger charge is -2.14. The third-order valence-corrected chi connectivity index (χ3v) is 2.94. The van der Waals surface area contributed by atoms with Gasteiger partial charge in [0.25, 0.3) is 5.91 Å². The number of ether oxygens (including phenoxy) is 1. The van der Waals surface area contributed by atoms with Gasteiger partial charge in [-0.2, -0.15) is 4.98 Å². The van der Waals surface area contributed by atoms with Gasteiger partial charge in [0.15, 0.2) is 5.82 Å². The van der Waals surface area contributed by atoms with E-state index in [1.807, 2.05) is 13.8 Å². The molecule has 8 heteroatoms. The molecule has 0 saturated heterocycles. The highest BCUT2D eigenvalue weighted by Gasteiger charge is 2.13. The maximum atomic E-state index is 12.0. The highest BCUT2D eigenvalue weighted by atomic mass is 35.5. The van der Waals surface area contributed by atoms with Gasteiger partial charge in [0, 0.05) is 0 Å². The molecule has 0 aliphatic heterocycles. The van der Waals surface area contributed by atoms with E-state index in [0.717, 1.165) is 0 Å². The van der Waals surface area contributed by atoms with Crippen LogP contribution in [0.5, 0.6) is 5.88 Å². The standard InChI is InChI=1S/C14H16ClN5O2/c1-8(2)22-14-11(16)12(17-7-18-14)19-20-13(21)9-5-3-4-6-10(9)15/h3-8H,16H2,1-2H3,(H,20,21)(H,17,18,19). The number of rotatable bonds is 5. The molecule has 116 valence electrons. The molecule has 0 radical (unpaired) electrons. The first-order valence-electron chi connectivity index (χ1n) is 6.57. The molecule has 0 fully saturated rings. The van der Waals surface area contributed by atoms with E-state index in [0.29, 0.717) is 10.6 Å². The summed E-state index contributed by atoms with van der Waals surface area (Å²) in [4.78, 5) is 19.9. The molecule has 1 aromatic heterocycles. The number of hydrogen-bond acceptors (Lipinski definition) is 6. The van der Waals surface area contributed by atoms with Crippen molar-refractivity contribution >= 4 is 29.0 Å². The van der Waals surface area contributed by atoms with E-state index in [1.54, 1.807) is 24.3 Å². The van der Waals surface area contributed by atoms with Crippen LogP contribution in [-0.4, -0.2) is 22.0 Å². The number of nitrogens with one attached hydrogen (secondary N) is 2. The number of halogens is 1. The number of hydrogen-bond donors (Lipinski definition) is 3. The summed E-state index contributed by atoms with van der Waals surface area (Å²) in [5.74, 6) is 0.0838. The topological polar surface area (TPSA) is 102 Å². The molecule has 2 aromatic rings. The van der Waals surface area contributed by atoms with Gasteiger partial charge < -0.3 is 10.5 Å². The summed E-state index contributed by atoms with van der Waals surface area (Å²) >= 11 is 5.96. The molecule has 7 nitrogen and oxygen atoms in total. The Morgan fingerprint density at radius 1 is 1.32 bits per heavy atom. The van der Waals surface area contributed by atoms with E-state index in [-0.39, 0.29) is 23.5 Å². The number of nitrogen functional groups attached to an aromatic ring is 1. The average Bonchev–Trinajstić information content (AvgIpc) is 2.48. The van der Waals surface area contributed by atoms with Crippen molar-refractivity contribution < 1.29 is 9.53 Å². The molecule has 0 spiro atoms. The normalized spacial score (nSPS) is 10.4. The Labute approximate surface area is 132 Å². The minimum atomic E-state index is -0.407. The summed E-state index contributed by atoms with van der Waals surface area (Å²) < 4.78 is 5.45. The Kier molecular flexibility index (Phi) is 5.00. The summed E-state index contributed by atoms with van der Waals surface area (Å²) in [7, 11) is 0. The molecule has 22 heavy (non-hydrogen) atoms. The lowest BCUT2D eigenvalue weighted by atomic mass is 10.2. The zero-order valence-electron chi connectivity index (χ0n) is 12.1. The average molecular weight is 322 g/mol. The van der Waals surface area contributed by atoms with E-state index in [4.69, 9.17) is 22.1 Å². The van der Waals surface area contributed by atoms with Crippen molar-refractivity contribution in [1.29, 1.82) is 0 Å². The molecule has 1 heterocycles. The van der Waals surface area contributed by atoms with E-state index in [1.165, 1.54) is 6.33 Å². The predicted octanol–water partition coefficient (Wildman–Crippen LogP) is 2.26. The zero-order chi connectivity index (χ0) is 16.1. The Bertz CT molecular complexity index is 678. The van der Waals surface area contributed by atoms with Crippen molar-refractivity contribution in [2.24, 2.45) is 0 Å². The Hall–Kier alpha value is -2.54. The number of nitrogens with two attached hydrogens (primary N) is 1. The third kappa shape index (κ3) is 3.76. The monoisotopic (exact) mass is 321 g/mol. The van der Waals surface area contributed by atoms with Gasteiger partial charge in [-0.1, -0.05) is 23.7 Å². The maximum absolute atomic E-state index is 12.0. The second-order valence-corrected chi connectivity index (χ2v) is 5.07. The lowest BCUT2D eigenvalue weighted by Crippen LogP contribution is -2.30. The van der Waals surface area contributed by atoms with Gasteiger partial charge >= 0.3 is 0 Å². The molecule has 0 unspecified atom stereocenters. The zero-order valence-corrected chi connectivity index (χ0v) is 12.9. The minimum absolute atomic E-state index is 0.0808. The fourth-order valence-corrected chi connectivity index (χ4v) is 1.85. The predicted molar refractivity (Wildman–Crippen MR) is 84.7 cm³/mol. The summed E-state index contributed by atoms with van der Waals surface area (Å²) in [6, 6.07) is 6.69. The molecule has 0 bridgehead atoms. The first-order chi connectivity index (χ1) is 10.5. The van der Waals surface area contributed by atoms with Crippen LogP contribution in [0.15, 0.2) is 30.6 Å². The van der Waals surface area contributed by atoms with Gasteiger partial charge in [-0.25, -0.2) is 4.98 Å². The van der Waals surface area contributed by atoms with E-state index in [9.17, 15) is 4.79 Å². The smallest absolute Gasteiger partial charge is 0.271 e. The number of aromatic nitrogens is 2. The van der Waals surface area contributed by atoms with E-state index < -0.39 is 5.91 Å². The summed E-state index contributed by atoms with van der Waals surface area (Å²) in [6.07, 6.45) is 1.21. The number of amides is 1. The van der Waals surface area contributed by atoms with Crippen LogP contribution in [0.4, 0.5) is 11.5 Å². The second-order valence-electron chi connectivity index (χ2n) is 4.67. The van der Waals surface area contributed by atoms with Crippen LogP contribution in [0.3, 0.4) is 0 Å². The number of anilines is 2. The highest BCUT2D eigenvalue weighted by Crippen LogP contribution is 2.24. The molecule has 0 saturated carbocycles. The summed E-state index contributed by atoms with van der Waals surface area (Å²) in [6.45, 7) is 3.71. The quantitative estimate of drug-likeness (QED) is 0.730. The Morgan fingerprint density at radius 2 is 2.05 bits per heavy atom. The molecule has 0 aliphatic rings. The van der Waals surface area contributed by atoms with Gasteiger partial charge in [0.05, 0.1) is 16.7 Å². The number of carbonyl (C=O) groups excluding carboxylic acids is 1. The first-order valence-corrected chi connectivity index (χ1v) is 6.95. The fraction of sp³-hybridized carbons (Fsp3) is 0.214. The van der Waals surface area contributed by atoms with E-state index in [2.05, 4.69) is 20.8 Å². The number of hydrazine groups is 1. The van der Waals surface area contributed by atoms with Gasteiger partial charge in [0.2, 0.25) is 5.88 Å². The largest absolute Gasteiger partial charge is 0.473 e. The van der Waals surface area contributed by atoms with Crippen LogP contribution < -0.4 is 21.3 Å². The minimum Gasteiger partial charge on any atom is -0.473 e. The summed E-state index contributed by atoms with van der Waals surface area (Å²) in [5.41, 5.74) is 11.6. The van der Waals surface area contributed by atoms with Crippen LogP contribution in [0.25, 0.3) is 0 Å². The molecule has 2 rings (SSSR count). The van der Waals surface area contributed by atoms with Crippen molar-refractivity contribution in [3.8, 4) is 5.88 Å². The van der Waals surface area contributed by atoms with Gasteiger partial charge in [0.1, 0.15) is 12.0 Å². The van der Waals surface area contributed by atoms with E-state index >= 15 is 0 Å². The van der Waals surface area contributed by atoms with Crippen molar-refractivity contribution in [2.45, 2.75) is 20.0 Å². The SMILES string of the molecule is CC(C)Oc1ncnc(NNC(=O)c2ccccc2Cl)c1N. The van der Waals surface area contributed by atoms with Gasteiger partial charge in [-0.3, -0.25) is 15.6 Å². The number of carbonyl (C=O) groups is 1. The van der Waals surface area contributed by atoms with Gasteiger partial charge in [-0.05, 0) is 26.0 Å². The Morgan fingerprint density at radius 3 is 2.73 bits per heavy atom. The van der Waals surface area contributed by atoms with Crippen LogP contribution in [-0.2, 0) is 0 Å². The first kappa shape index (κ1) is 15.8. The second kappa shape index (κ2) is 6.95. The number of benzene rings is 1. The summed E-state index contributed by atoms with van der Waals surface area (Å²) in [5, 5.41) is 0.348. The van der Waals surface area contributed by atoms with Gasteiger partial charge in [-0.15, -0.1) is 0 Å². The van der Waals surface area contributed by atoms with Crippen molar-refractivity contribution in [2.75, 3.05) is 11.2 Å². The Balaban J connectivity index is 2.09. The van der Waals surface area contributed by atoms with Crippen molar-refractivity contribution in [3.63, 3.8) is 0 Å². The highest BCUT2D eigenvalue weighted by molar-refractivity contribution is 6.33. The van der Waals surface area contributed by atoms with Crippen molar-refractivity contribution in [3.05, 3.63) is 41.2 Å². The number of nitrogens with zero attached hydrogens (tertiary/aromatic N) is 2. The van der Waals surface area contributed by atoms with Crippen LogP contribution in [0.1, 0.15) is 24.2 Å². The fourth-order valence-electron chi connectivity index (χ4n) is 1.62. The molecule has 0 aliphatic carbocycles. The third-order valence-electron chi connectivity index (χ3n) is 2.61. The van der Waals surface area contributed by atoms with Crippen LogP contribution >= 0.6 is 11.6 Å². The van der Waals surface area contributed by atoms with Crippen LogP contribution in [0, 0.1) is 0 Å². The molecule has 4 N–H and O–H groups in total. The molecule has 0 atom stereocenters. The lowest BCUT2D eigenvalue weighted by molar-refractivity contribution is 0.0962. The molecule has 1 amide bonds. The van der Waals surface area contributed by atoms with Crippen LogP contribution in [0.2, 0.25) is 5.02 Å². The molecule has 1 aromatic carbocycles. The molecular weight excluding hydrogens is 306 g/mol. The molecular formula is C14H16ClN5O2. The maximum Gasteiger partial charge on any atom is 0.271 e. The van der Waals surface area contributed by atoms with Crippen molar-refractivity contribution in [1.82, 2.24) is 15.4 Å².